The van der Waals surface area contributed by atoms with Gasteiger partial charge in [-0.15, -0.1) is 0 Å². The summed E-state index contributed by atoms with van der Waals surface area (Å²) in [7, 11) is 1.70. The molecule has 1 unspecified atom stereocenters. The third kappa shape index (κ3) is 5.60. The molecule has 1 aliphatic rings. The number of nitrogens with two attached hydrogens (primary N) is 2. The monoisotopic (exact) mass is 401 g/mol. The molecule has 29 heavy (non-hydrogen) atoms. The lowest BCUT2D eigenvalue weighted by molar-refractivity contribution is 0.0265. The van der Waals surface area contributed by atoms with Crippen LogP contribution >= 0.6 is 0 Å². The molecule has 1 aliphatic heterocycles. The van der Waals surface area contributed by atoms with Crippen molar-refractivity contribution in [3.8, 4) is 17.2 Å². The molecule has 156 valence electrons. The molecule has 1 atom stereocenters. The molecule has 8 heteroatoms. The van der Waals surface area contributed by atoms with Crippen LogP contribution in [0.2, 0.25) is 0 Å². The maximum absolute atomic E-state index is 11.6. The first-order valence-electron chi connectivity index (χ1n) is 9.47. The number of amides is 1. The molecule has 0 bridgehead atoms. The van der Waals surface area contributed by atoms with Crippen LogP contribution in [0, 0.1) is 6.92 Å². The second kappa shape index (κ2) is 9.60. The number of hydrogen-bond acceptors (Lipinski definition) is 7. The van der Waals surface area contributed by atoms with Crippen molar-refractivity contribution in [2.45, 2.75) is 19.4 Å². The minimum atomic E-state index is -0.528. The minimum Gasteiger partial charge on any atom is -0.491 e. The number of hydrazine groups is 1. The first-order valence-corrected chi connectivity index (χ1v) is 9.47. The second-order valence-corrected chi connectivity index (χ2v) is 6.89. The maximum atomic E-state index is 11.6. The number of aryl methyl sites for hydroxylation is 1. The average Bonchev–Trinajstić information content (AvgIpc) is 3.19. The van der Waals surface area contributed by atoms with E-state index in [4.69, 9.17) is 30.5 Å². The lowest BCUT2D eigenvalue weighted by atomic mass is 10.1. The molecule has 0 aliphatic carbocycles. The van der Waals surface area contributed by atoms with Crippen molar-refractivity contribution in [3.05, 3.63) is 47.5 Å². The standard InChI is InChI=1S/C21H27N3O5/c1-14-11-15(21(22)25)12-19(20(14)24(2)23)29-17-5-3-16(4-6-17)27-9-10-28-18-7-8-26-13-18/h3-6,11-12,18H,7-10,13,23H2,1-2H3,(H2,22,25). The lowest BCUT2D eigenvalue weighted by Gasteiger charge is -2.20. The normalized spacial score (nSPS) is 15.9. The van der Waals surface area contributed by atoms with Crippen LogP contribution < -0.4 is 26.1 Å². The van der Waals surface area contributed by atoms with Crippen molar-refractivity contribution >= 4 is 11.6 Å². The number of ether oxygens (including phenoxy) is 4. The third-order valence-corrected chi connectivity index (χ3v) is 4.55. The Bertz CT molecular complexity index is 833. The van der Waals surface area contributed by atoms with Gasteiger partial charge in [0.05, 0.1) is 25.0 Å². The molecule has 0 saturated carbocycles. The van der Waals surface area contributed by atoms with E-state index in [1.54, 1.807) is 31.3 Å². The molecule has 0 aromatic heterocycles. The van der Waals surface area contributed by atoms with Gasteiger partial charge in [-0.25, -0.2) is 5.84 Å². The summed E-state index contributed by atoms with van der Waals surface area (Å²) in [5.41, 5.74) is 7.23. The van der Waals surface area contributed by atoms with Crippen LogP contribution in [-0.2, 0) is 9.47 Å². The number of carbonyl (C=O) groups excluding carboxylic acids is 1. The van der Waals surface area contributed by atoms with Gasteiger partial charge in [-0.2, -0.15) is 0 Å². The Morgan fingerprint density at radius 2 is 1.93 bits per heavy atom. The molecule has 3 rings (SSSR count). The van der Waals surface area contributed by atoms with Crippen molar-refractivity contribution in [1.29, 1.82) is 0 Å². The Morgan fingerprint density at radius 1 is 1.21 bits per heavy atom. The number of hydrogen-bond donors (Lipinski definition) is 2. The smallest absolute Gasteiger partial charge is 0.248 e. The molecule has 1 fully saturated rings. The van der Waals surface area contributed by atoms with Crippen molar-refractivity contribution in [1.82, 2.24) is 0 Å². The van der Waals surface area contributed by atoms with E-state index in [1.807, 2.05) is 19.1 Å². The fourth-order valence-corrected chi connectivity index (χ4v) is 3.17. The molecular formula is C21H27N3O5. The zero-order valence-electron chi connectivity index (χ0n) is 16.7. The Labute approximate surface area is 170 Å². The van der Waals surface area contributed by atoms with Crippen LogP contribution in [0.5, 0.6) is 17.2 Å². The third-order valence-electron chi connectivity index (χ3n) is 4.55. The van der Waals surface area contributed by atoms with E-state index in [9.17, 15) is 4.79 Å². The van der Waals surface area contributed by atoms with Gasteiger partial charge in [0.15, 0.2) is 5.75 Å². The van der Waals surface area contributed by atoms with E-state index in [0.29, 0.717) is 48.3 Å². The van der Waals surface area contributed by atoms with Gasteiger partial charge >= 0.3 is 0 Å². The van der Waals surface area contributed by atoms with Gasteiger partial charge < -0.3 is 29.7 Å². The van der Waals surface area contributed by atoms with Gasteiger partial charge in [-0.1, -0.05) is 0 Å². The number of nitrogens with zero attached hydrogens (tertiary/aromatic N) is 1. The Kier molecular flexibility index (Phi) is 6.92. The first kappa shape index (κ1) is 20.9. The quantitative estimate of drug-likeness (QED) is 0.377. The predicted molar refractivity (Wildman–Crippen MR) is 109 cm³/mol. The van der Waals surface area contributed by atoms with Gasteiger partial charge in [0.2, 0.25) is 5.91 Å². The topological polar surface area (TPSA) is 109 Å². The van der Waals surface area contributed by atoms with Crippen molar-refractivity contribution in [2.24, 2.45) is 11.6 Å². The van der Waals surface area contributed by atoms with Crippen LogP contribution in [0.4, 0.5) is 5.69 Å². The van der Waals surface area contributed by atoms with E-state index in [-0.39, 0.29) is 6.10 Å². The van der Waals surface area contributed by atoms with Crippen molar-refractivity contribution in [2.75, 3.05) is 38.5 Å². The van der Waals surface area contributed by atoms with Crippen molar-refractivity contribution in [3.63, 3.8) is 0 Å². The van der Waals surface area contributed by atoms with Gasteiger partial charge in [-0.3, -0.25) is 4.79 Å². The Morgan fingerprint density at radius 3 is 2.55 bits per heavy atom. The number of benzene rings is 2. The maximum Gasteiger partial charge on any atom is 0.248 e. The fraction of sp³-hybridized carbons (Fsp3) is 0.381. The van der Waals surface area contributed by atoms with E-state index >= 15 is 0 Å². The van der Waals surface area contributed by atoms with Crippen LogP contribution in [0.1, 0.15) is 22.3 Å². The molecule has 0 radical (unpaired) electrons. The van der Waals surface area contributed by atoms with Gasteiger partial charge in [0, 0.05) is 19.2 Å². The van der Waals surface area contributed by atoms with Gasteiger partial charge in [-0.05, 0) is 55.3 Å². The fourth-order valence-electron chi connectivity index (χ4n) is 3.17. The summed E-state index contributed by atoms with van der Waals surface area (Å²) in [5.74, 6) is 7.14. The summed E-state index contributed by atoms with van der Waals surface area (Å²) >= 11 is 0. The predicted octanol–water partition coefficient (Wildman–Crippen LogP) is 2.38. The van der Waals surface area contributed by atoms with Crippen LogP contribution in [0.15, 0.2) is 36.4 Å². The highest BCUT2D eigenvalue weighted by Gasteiger charge is 2.16. The van der Waals surface area contributed by atoms with Crippen LogP contribution in [-0.4, -0.2) is 45.5 Å². The van der Waals surface area contributed by atoms with Crippen LogP contribution in [0.3, 0.4) is 0 Å². The van der Waals surface area contributed by atoms with Gasteiger partial charge in [0.1, 0.15) is 18.1 Å². The molecule has 1 amide bonds. The lowest BCUT2D eigenvalue weighted by Crippen LogP contribution is -2.26. The van der Waals surface area contributed by atoms with E-state index in [0.717, 1.165) is 18.6 Å². The summed E-state index contributed by atoms with van der Waals surface area (Å²) in [6.07, 6.45) is 1.10. The highest BCUT2D eigenvalue weighted by Crippen LogP contribution is 2.35. The first-order chi connectivity index (χ1) is 13.9. The largest absolute Gasteiger partial charge is 0.491 e. The number of primary amides is 1. The van der Waals surface area contributed by atoms with Gasteiger partial charge in [0.25, 0.3) is 0 Å². The molecule has 8 nitrogen and oxygen atoms in total. The molecular weight excluding hydrogens is 374 g/mol. The SMILES string of the molecule is Cc1cc(C(N)=O)cc(Oc2ccc(OCCOC3CCOC3)cc2)c1N(C)N. The Balaban J connectivity index is 1.62. The molecule has 2 aromatic carbocycles. The summed E-state index contributed by atoms with van der Waals surface area (Å²) in [5, 5.41) is 1.45. The zero-order chi connectivity index (χ0) is 20.8. The molecule has 1 heterocycles. The summed E-state index contributed by atoms with van der Waals surface area (Å²) < 4.78 is 22.6. The summed E-state index contributed by atoms with van der Waals surface area (Å²) in [4.78, 5) is 11.6. The summed E-state index contributed by atoms with van der Waals surface area (Å²) in [6.45, 7) is 4.23. The Hall–Kier alpha value is -2.81. The van der Waals surface area contributed by atoms with E-state index in [2.05, 4.69) is 0 Å². The summed E-state index contributed by atoms with van der Waals surface area (Å²) in [6, 6.07) is 10.5. The van der Waals surface area contributed by atoms with E-state index < -0.39 is 5.91 Å². The van der Waals surface area contributed by atoms with Crippen molar-refractivity contribution < 1.29 is 23.7 Å². The zero-order valence-corrected chi connectivity index (χ0v) is 16.7. The van der Waals surface area contributed by atoms with E-state index in [1.165, 1.54) is 5.01 Å². The molecule has 2 aromatic rings. The number of anilines is 1. The van der Waals surface area contributed by atoms with Crippen LogP contribution in [0.25, 0.3) is 0 Å². The number of rotatable bonds is 9. The molecule has 1 saturated heterocycles. The molecule has 0 spiro atoms. The second-order valence-electron chi connectivity index (χ2n) is 6.89. The average molecular weight is 401 g/mol. The number of carbonyl (C=O) groups is 1. The minimum absolute atomic E-state index is 0.170. The highest BCUT2D eigenvalue weighted by molar-refractivity contribution is 5.94. The molecule has 4 N–H and O–H groups in total. The highest BCUT2D eigenvalue weighted by atomic mass is 16.6.